The molecule has 1 aromatic carbocycles. The number of nitrogens with two attached hydrogens (primary N) is 1. The monoisotopic (exact) mass is 378 g/mol. The fourth-order valence-electron chi connectivity index (χ4n) is 5.17. The van der Waals surface area contributed by atoms with Gasteiger partial charge in [0.15, 0.2) is 5.69 Å². The lowest BCUT2D eigenvalue weighted by Gasteiger charge is -2.47. The number of rotatable bonds is 3. The molecule has 2 aliphatic heterocycles. The number of amides is 1. The molecule has 2 aromatic heterocycles. The van der Waals surface area contributed by atoms with E-state index in [1.54, 1.807) is 6.20 Å². The summed E-state index contributed by atoms with van der Waals surface area (Å²) in [5.74, 6) is 0.382. The Bertz CT molecular complexity index is 1040. The first-order valence-corrected chi connectivity index (χ1v) is 10.0. The number of imidazole rings is 1. The van der Waals surface area contributed by atoms with E-state index in [1.807, 2.05) is 23.9 Å². The van der Waals surface area contributed by atoms with Gasteiger partial charge in [0.2, 0.25) is 0 Å². The summed E-state index contributed by atoms with van der Waals surface area (Å²) < 4.78 is 4.03. The molecule has 0 radical (unpaired) electrons. The van der Waals surface area contributed by atoms with Crippen LogP contribution in [0.15, 0.2) is 30.6 Å². The Balaban J connectivity index is 1.60. The minimum absolute atomic E-state index is 0.307. The molecule has 7 nitrogen and oxygen atoms in total. The third-order valence-corrected chi connectivity index (χ3v) is 6.68. The number of benzene rings is 1. The Kier molecular flexibility index (Phi) is 4.01. The van der Waals surface area contributed by atoms with Gasteiger partial charge < -0.3 is 15.2 Å². The van der Waals surface area contributed by atoms with Crippen LogP contribution in [-0.4, -0.2) is 49.3 Å². The molecule has 2 bridgehead atoms. The van der Waals surface area contributed by atoms with Gasteiger partial charge in [0.05, 0.1) is 11.6 Å². The highest BCUT2D eigenvalue weighted by Crippen LogP contribution is 2.39. The number of hydrogen-bond acceptors (Lipinski definition) is 4. The topological polar surface area (TPSA) is 82.0 Å². The van der Waals surface area contributed by atoms with E-state index in [0.29, 0.717) is 23.8 Å². The third kappa shape index (κ3) is 2.64. The van der Waals surface area contributed by atoms with Crippen LogP contribution in [-0.2, 0) is 7.05 Å². The lowest BCUT2D eigenvalue weighted by atomic mass is 9.82. The quantitative estimate of drug-likeness (QED) is 0.760. The van der Waals surface area contributed by atoms with E-state index >= 15 is 0 Å². The van der Waals surface area contributed by atoms with Gasteiger partial charge in [-0.2, -0.15) is 5.10 Å². The summed E-state index contributed by atoms with van der Waals surface area (Å²) in [5.41, 5.74) is 7.99. The highest BCUT2D eigenvalue weighted by atomic mass is 16.1. The zero-order valence-electron chi connectivity index (χ0n) is 16.4. The molecule has 2 aliphatic rings. The molecule has 1 amide bonds. The predicted molar refractivity (Wildman–Crippen MR) is 108 cm³/mol. The van der Waals surface area contributed by atoms with Crippen molar-refractivity contribution >= 4 is 16.8 Å². The average molecular weight is 378 g/mol. The first-order valence-electron chi connectivity index (χ1n) is 10.0. The van der Waals surface area contributed by atoms with Crippen LogP contribution < -0.4 is 5.73 Å². The lowest BCUT2D eigenvalue weighted by Crippen LogP contribution is -2.50. The Morgan fingerprint density at radius 2 is 1.89 bits per heavy atom. The molecular weight excluding hydrogens is 352 g/mol. The van der Waals surface area contributed by atoms with Crippen molar-refractivity contribution in [2.45, 2.75) is 50.2 Å². The van der Waals surface area contributed by atoms with Gasteiger partial charge in [0.25, 0.3) is 5.91 Å². The molecule has 2 unspecified atom stereocenters. The van der Waals surface area contributed by atoms with E-state index < -0.39 is 5.91 Å². The molecule has 4 heterocycles. The largest absolute Gasteiger partial charge is 0.364 e. The van der Waals surface area contributed by atoms with Crippen molar-refractivity contribution in [1.29, 1.82) is 0 Å². The lowest BCUT2D eigenvalue weighted by molar-refractivity contribution is 0.0379. The molecule has 28 heavy (non-hydrogen) atoms. The molecule has 0 aliphatic carbocycles. The van der Waals surface area contributed by atoms with Crippen molar-refractivity contribution in [3.8, 4) is 11.4 Å². The number of aryl methyl sites for hydroxylation is 1. The minimum atomic E-state index is -0.478. The van der Waals surface area contributed by atoms with Crippen molar-refractivity contribution in [3.05, 3.63) is 36.3 Å². The van der Waals surface area contributed by atoms with Gasteiger partial charge in [-0.25, -0.2) is 4.98 Å². The molecule has 2 atom stereocenters. The number of aromatic nitrogens is 4. The van der Waals surface area contributed by atoms with Crippen LogP contribution in [0.3, 0.4) is 0 Å². The first kappa shape index (κ1) is 17.4. The van der Waals surface area contributed by atoms with E-state index in [-0.39, 0.29) is 0 Å². The van der Waals surface area contributed by atoms with Crippen molar-refractivity contribution in [2.75, 3.05) is 7.05 Å². The van der Waals surface area contributed by atoms with Crippen molar-refractivity contribution < 1.29 is 4.79 Å². The summed E-state index contributed by atoms with van der Waals surface area (Å²) in [6.45, 7) is 0. The second-order valence-electron chi connectivity index (χ2n) is 8.28. The third-order valence-electron chi connectivity index (χ3n) is 6.68. The number of nitrogens with zero attached hydrogens (tertiary/aromatic N) is 5. The number of hydrogen-bond donors (Lipinski definition) is 1. The number of primary amides is 1. The molecule has 2 fully saturated rings. The van der Waals surface area contributed by atoms with Crippen LogP contribution in [0.25, 0.3) is 22.3 Å². The molecule has 5 rings (SSSR count). The van der Waals surface area contributed by atoms with Crippen LogP contribution in [0.5, 0.6) is 0 Å². The Labute approximate surface area is 164 Å². The van der Waals surface area contributed by atoms with Gasteiger partial charge in [0.1, 0.15) is 5.82 Å². The molecule has 3 aromatic rings. The van der Waals surface area contributed by atoms with Gasteiger partial charge in [-0.05, 0) is 50.9 Å². The Morgan fingerprint density at radius 3 is 2.54 bits per heavy atom. The summed E-state index contributed by atoms with van der Waals surface area (Å²) in [5, 5.41) is 5.52. The molecule has 0 saturated carbocycles. The number of fused-ring (bicyclic) bond motifs is 3. The maximum atomic E-state index is 12.1. The number of piperidine rings is 2. The standard InChI is InChI=1S/C21H26N6O/c1-25-9-8-23-21(25)13-6-7-18-17(10-13)19(20(22)28)24-27(18)16-11-14-4-3-5-15(12-16)26(14)2/h6-10,14-16H,3-5,11-12H2,1-2H3,(H2,22,28). The fourth-order valence-corrected chi connectivity index (χ4v) is 5.17. The van der Waals surface area contributed by atoms with Crippen LogP contribution in [0.2, 0.25) is 0 Å². The zero-order chi connectivity index (χ0) is 19.4. The smallest absolute Gasteiger partial charge is 0.269 e. The maximum Gasteiger partial charge on any atom is 0.269 e. The van der Waals surface area contributed by atoms with Crippen LogP contribution in [0.1, 0.15) is 48.6 Å². The summed E-state index contributed by atoms with van der Waals surface area (Å²) >= 11 is 0. The highest BCUT2D eigenvalue weighted by molar-refractivity contribution is 6.05. The van der Waals surface area contributed by atoms with Gasteiger partial charge >= 0.3 is 0 Å². The summed E-state index contributed by atoms with van der Waals surface area (Å²) in [6, 6.07) is 7.62. The second kappa shape index (κ2) is 6.44. The summed E-state index contributed by atoms with van der Waals surface area (Å²) in [6.07, 6.45) is 9.63. The van der Waals surface area contributed by atoms with Gasteiger partial charge in [-0.3, -0.25) is 9.48 Å². The predicted octanol–water partition coefficient (Wildman–Crippen LogP) is 2.72. The zero-order valence-corrected chi connectivity index (χ0v) is 16.4. The van der Waals surface area contributed by atoms with Crippen LogP contribution in [0.4, 0.5) is 0 Å². The van der Waals surface area contributed by atoms with Gasteiger partial charge in [-0.15, -0.1) is 0 Å². The fraction of sp³-hybridized carbons (Fsp3) is 0.476. The van der Waals surface area contributed by atoms with Gasteiger partial charge in [0, 0.05) is 42.5 Å². The van der Waals surface area contributed by atoms with Crippen molar-refractivity contribution in [2.24, 2.45) is 12.8 Å². The van der Waals surface area contributed by atoms with Crippen LogP contribution in [0, 0.1) is 0 Å². The first-order chi connectivity index (χ1) is 13.5. The Morgan fingerprint density at radius 1 is 1.14 bits per heavy atom. The SMILES string of the molecule is CN1C2CCCC1CC(n1nc(C(N)=O)c3cc(-c4nccn4C)ccc31)C2. The molecule has 0 spiro atoms. The molecular formula is C21H26N6O. The van der Waals surface area contributed by atoms with E-state index in [0.717, 1.165) is 35.1 Å². The van der Waals surface area contributed by atoms with Crippen molar-refractivity contribution in [3.63, 3.8) is 0 Å². The maximum absolute atomic E-state index is 12.1. The molecule has 146 valence electrons. The minimum Gasteiger partial charge on any atom is -0.364 e. The van der Waals surface area contributed by atoms with E-state index in [4.69, 9.17) is 10.8 Å². The molecule has 2 saturated heterocycles. The highest BCUT2D eigenvalue weighted by Gasteiger charge is 2.37. The van der Waals surface area contributed by atoms with E-state index in [1.165, 1.54) is 19.3 Å². The normalized spacial score (nSPS) is 25.3. The molecule has 2 N–H and O–H groups in total. The average Bonchev–Trinajstić information content (AvgIpc) is 3.24. The number of carbonyl (C=O) groups is 1. The van der Waals surface area contributed by atoms with E-state index in [9.17, 15) is 4.79 Å². The summed E-state index contributed by atoms with van der Waals surface area (Å²) in [7, 11) is 4.21. The molecule has 7 heteroatoms. The second-order valence-corrected chi connectivity index (χ2v) is 8.28. The Hall–Kier alpha value is -2.67. The van der Waals surface area contributed by atoms with Crippen molar-refractivity contribution in [1.82, 2.24) is 24.2 Å². The van der Waals surface area contributed by atoms with Gasteiger partial charge in [-0.1, -0.05) is 6.42 Å². The summed E-state index contributed by atoms with van der Waals surface area (Å²) in [4.78, 5) is 19.1. The van der Waals surface area contributed by atoms with E-state index in [2.05, 4.69) is 33.7 Å². The van der Waals surface area contributed by atoms with Crippen LogP contribution >= 0.6 is 0 Å². The number of carbonyl (C=O) groups excluding carboxylic acids is 1.